The third-order valence-corrected chi connectivity index (χ3v) is 10.1. The summed E-state index contributed by atoms with van der Waals surface area (Å²) in [6.45, 7) is 0. The Kier molecular flexibility index (Phi) is 8.55. The summed E-state index contributed by atoms with van der Waals surface area (Å²) in [5.41, 5.74) is 4.67. The highest BCUT2D eigenvalue weighted by Gasteiger charge is 2.28. The SMILES string of the molecule is N#[N+]c1ccc(S(=O)(=O)c2ccc(N=Nc3c(S(=O)(=O)O)cc4cc(S(=O)(=O)O)c(N=Nc5ccccc5)c(O)c4c3N)cc2)cc1. The highest BCUT2D eigenvalue weighted by Crippen LogP contribution is 2.48. The third kappa shape index (κ3) is 6.67. The monoisotopic (exact) mass is 694 g/mol. The van der Waals surface area contributed by atoms with Crippen LogP contribution in [0.15, 0.2) is 131 Å². The van der Waals surface area contributed by atoms with Crippen molar-refractivity contribution in [1.29, 1.82) is 5.39 Å². The van der Waals surface area contributed by atoms with Crippen LogP contribution in [-0.2, 0) is 30.1 Å². The molecule has 0 saturated heterocycles. The molecular formula is C28H20N7O9S3+. The maximum atomic E-state index is 13.0. The Balaban J connectivity index is 1.62. The molecule has 16 nitrogen and oxygen atoms in total. The van der Waals surface area contributed by atoms with E-state index in [1.54, 1.807) is 18.2 Å². The number of nitrogen functional groups attached to an aromatic ring is 1. The molecule has 0 aliphatic carbocycles. The minimum Gasteiger partial charge on any atom is -0.505 e. The van der Waals surface area contributed by atoms with Crippen LogP contribution in [-0.4, -0.2) is 39.5 Å². The van der Waals surface area contributed by atoms with E-state index in [2.05, 4.69) is 25.4 Å². The van der Waals surface area contributed by atoms with Gasteiger partial charge >= 0.3 is 5.69 Å². The number of phenolic OH excluding ortho intramolecular Hbond substituents is 1. The molecule has 0 aromatic heterocycles. The number of aromatic hydroxyl groups is 1. The molecule has 19 heteroatoms. The van der Waals surface area contributed by atoms with Crippen molar-refractivity contribution in [3.05, 3.63) is 96.0 Å². The first-order valence-corrected chi connectivity index (χ1v) is 17.2. The van der Waals surface area contributed by atoms with Crippen molar-refractivity contribution >= 4 is 75.0 Å². The summed E-state index contributed by atoms with van der Waals surface area (Å²) >= 11 is 0. The summed E-state index contributed by atoms with van der Waals surface area (Å²) in [7, 11) is -14.2. The van der Waals surface area contributed by atoms with Crippen LogP contribution in [0.2, 0.25) is 0 Å². The first-order chi connectivity index (χ1) is 22.1. The molecule has 5 N–H and O–H groups in total. The molecule has 0 fully saturated rings. The largest absolute Gasteiger partial charge is 0.505 e. The molecule has 0 radical (unpaired) electrons. The number of diazo groups is 1. The summed E-state index contributed by atoms with van der Waals surface area (Å²) in [4.78, 5) is 0.891. The van der Waals surface area contributed by atoms with Gasteiger partial charge in [0.05, 0.1) is 32.2 Å². The highest BCUT2D eigenvalue weighted by molar-refractivity contribution is 7.91. The van der Waals surface area contributed by atoms with E-state index < -0.39 is 62.7 Å². The van der Waals surface area contributed by atoms with E-state index in [9.17, 15) is 39.5 Å². The van der Waals surface area contributed by atoms with Crippen LogP contribution in [0, 0.1) is 5.39 Å². The predicted molar refractivity (Wildman–Crippen MR) is 168 cm³/mol. The lowest BCUT2D eigenvalue weighted by Crippen LogP contribution is -2.03. The van der Waals surface area contributed by atoms with Crippen molar-refractivity contribution in [3.63, 3.8) is 0 Å². The van der Waals surface area contributed by atoms with Gasteiger partial charge in [0.25, 0.3) is 20.2 Å². The number of nitrogens with zero attached hydrogens (tertiary/aromatic N) is 6. The van der Waals surface area contributed by atoms with Crippen LogP contribution in [0.25, 0.3) is 15.7 Å². The number of phenols is 1. The van der Waals surface area contributed by atoms with Gasteiger partial charge in [0.2, 0.25) is 15.2 Å². The van der Waals surface area contributed by atoms with Crippen molar-refractivity contribution in [3.8, 4) is 5.75 Å². The van der Waals surface area contributed by atoms with E-state index >= 15 is 0 Å². The first-order valence-electron chi connectivity index (χ1n) is 12.9. The fraction of sp³-hybridized carbons (Fsp3) is 0. The number of anilines is 1. The number of hydrogen-bond acceptors (Lipinski definition) is 13. The molecule has 0 aliphatic heterocycles. The summed E-state index contributed by atoms with van der Waals surface area (Å²) in [6, 6.07) is 19.5. The fourth-order valence-electron chi connectivity index (χ4n) is 4.33. The lowest BCUT2D eigenvalue weighted by atomic mass is 10.1. The van der Waals surface area contributed by atoms with Crippen LogP contribution < -0.4 is 5.73 Å². The molecule has 5 aromatic carbocycles. The topological polar surface area (TPSA) is 267 Å². The van der Waals surface area contributed by atoms with Crippen LogP contribution >= 0.6 is 0 Å². The van der Waals surface area contributed by atoms with Gasteiger partial charge < -0.3 is 10.8 Å². The van der Waals surface area contributed by atoms with Crippen molar-refractivity contribution in [2.24, 2.45) is 20.5 Å². The second-order valence-electron chi connectivity index (χ2n) is 9.58. The number of benzene rings is 5. The minimum atomic E-state index is -5.10. The smallest absolute Gasteiger partial charge is 0.385 e. The number of fused-ring (bicyclic) bond motifs is 1. The summed E-state index contributed by atoms with van der Waals surface area (Å²) in [5.74, 6) is -0.916. The zero-order chi connectivity index (χ0) is 34.1. The van der Waals surface area contributed by atoms with E-state index in [1.807, 2.05) is 0 Å². The van der Waals surface area contributed by atoms with Crippen molar-refractivity contribution in [2.45, 2.75) is 19.6 Å². The summed E-state index contributed by atoms with van der Waals surface area (Å²) in [5, 5.41) is 34.6. The molecule has 47 heavy (non-hydrogen) atoms. The molecule has 0 heterocycles. The molecular weight excluding hydrogens is 675 g/mol. The zero-order valence-corrected chi connectivity index (χ0v) is 25.9. The number of azo groups is 2. The van der Waals surface area contributed by atoms with E-state index in [1.165, 1.54) is 60.7 Å². The van der Waals surface area contributed by atoms with Crippen LogP contribution in [0.4, 0.5) is 34.1 Å². The van der Waals surface area contributed by atoms with Gasteiger partial charge in [0.15, 0.2) is 10.7 Å². The molecule has 238 valence electrons. The first kappa shape index (κ1) is 32.7. The second-order valence-corrected chi connectivity index (χ2v) is 14.3. The Labute approximate surface area is 266 Å². The van der Waals surface area contributed by atoms with Crippen LogP contribution in [0.5, 0.6) is 5.75 Å². The predicted octanol–water partition coefficient (Wildman–Crippen LogP) is 6.77. The van der Waals surface area contributed by atoms with E-state index in [0.29, 0.717) is 0 Å². The van der Waals surface area contributed by atoms with Crippen molar-refractivity contribution in [2.75, 3.05) is 5.73 Å². The molecule has 5 rings (SSSR count). The molecule has 0 saturated carbocycles. The van der Waals surface area contributed by atoms with E-state index in [4.69, 9.17) is 11.1 Å². The number of nitrogens with two attached hydrogens (primary N) is 1. The van der Waals surface area contributed by atoms with Gasteiger partial charge in [0.1, 0.15) is 21.2 Å². The van der Waals surface area contributed by atoms with Gasteiger partial charge in [-0.05, 0) is 66.0 Å². The Hall–Kier alpha value is -5.65. The van der Waals surface area contributed by atoms with E-state index in [-0.39, 0.29) is 37.6 Å². The summed E-state index contributed by atoms with van der Waals surface area (Å²) in [6.07, 6.45) is 0. The second kappa shape index (κ2) is 12.3. The molecule has 0 unspecified atom stereocenters. The molecule has 5 aromatic rings. The van der Waals surface area contributed by atoms with Gasteiger partial charge in [0, 0.05) is 12.1 Å². The van der Waals surface area contributed by atoms with Crippen LogP contribution in [0.1, 0.15) is 0 Å². The Morgan fingerprint density at radius 2 is 1.11 bits per heavy atom. The fourth-order valence-corrected chi connectivity index (χ4v) is 6.92. The zero-order valence-electron chi connectivity index (χ0n) is 23.4. The molecule has 0 bridgehead atoms. The average Bonchev–Trinajstić information content (AvgIpc) is 3.03. The number of sulfone groups is 1. The van der Waals surface area contributed by atoms with Gasteiger partial charge in [-0.25, -0.2) is 8.42 Å². The molecule has 0 amide bonds. The average molecular weight is 695 g/mol. The Morgan fingerprint density at radius 1 is 0.638 bits per heavy atom. The van der Waals surface area contributed by atoms with Crippen molar-refractivity contribution in [1.82, 2.24) is 0 Å². The molecule has 0 spiro atoms. The number of rotatable bonds is 8. The minimum absolute atomic E-state index is 0.0162. The lowest BCUT2D eigenvalue weighted by molar-refractivity contribution is 0.472. The maximum Gasteiger partial charge on any atom is 0.385 e. The summed E-state index contributed by atoms with van der Waals surface area (Å²) < 4.78 is 94.8. The quantitative estimate of drug-likeness (QED) is 0.0569. The van der Waals surface area contributed by atoms with Gasteiger partial charge in [-0.3, -0.25) is 9.11 Å². The Bertz CT molecular complexity index is 2480. The van der Waals surface area contributed by atoms with Crippen LogP contribution in [0.3, 0.4) is 0 Å². The highest BCUT2D eigenvalue weighted by atomic mass is 32.2. The third-order valence-electron chi connectivity index (χ3n) is 6.57. The maximum absolute atomic E-state index is 13.0. The van der Waals surface area contributed by atoms with Gasteiger partial charge in [-0.1, -0.05) is 18.2 Å². The number of hydrogen-bond donors (Lipinski definition) is 4. The normalized spacial score (nSPS) is 12.5. The van der Waals surface area contributed by atoms with E-state index in [0.717, 1.165) is 12.1 Å². The van der Waals surface area contributed by atoms with Crippen molar-refractivity contribution < 1.29 is 39.5 Å². The van der Waals surface area contributed by atoms with Gasteiger partial charge in [-0.15, -0.1) is 10.2 Å². The molecule has 0 aliphatic rings. The molecule has 0 atom stereocenters. The lowest BCUT2D eigenvalue weighted by Gasteiger charge is -2.14. The standard InChI is InChI=1S/C28H19N7O9S3/c29-25-24-16(15-23(47(42,43)44)27(28(24)36)35-32-18-4-2-1-3-5-18)14-22(46(39,40)41)26(25)34-33-19-8-12-21(13-9-19)45(37,38)20-10-6-17(31-30)7-11-20/h1-15H,(H4-,29,32,33,36,39,40,41,42,43,44)/p+1. The van der Waals surface area contributed by atoms with Gasteiger partial charge in [-0.2, -0.15) is 27.1 Å². The Morgan fingerprint density at radius 3 is 1.62 bits per heavy atom.